The molecule has 0 radical (unpaired) electrons. The van der Waals surface area contributed by atoms with Crippen LogP contribution >= 0.6 is 0 Å². The number of aryl methyl sites for hydroxylation is 1. The van der Waals surface area contributed by atoms with Gasteiger partial charge in [0.15, 0.2) is 23.2 Å². The number of hydrogen-bond acceptors (Lipinski definition) is 4. The van der Waals surface area contributed by atoms with Crippen LogP contribution < -0.4 is 5.73 Å². The van der Waals surface area contributed by atoms with Gasteiger partial charge in [-0.2, -0.15) is 0 Å². The third kappa shape index (κ3) is 1.60. The van der Waals surface area contributed by atoms with E-state index in [0.29, 0.717) is 11.6 Å². The quantitative estimate of drug-likeness (QED) is 0.713. The van der Waals surface area contributed by atoms with Crippen molar-refractivity contribution in [3.05, 3.63) is 41.8 Å². The molecule has 1 aromatic carbocycles. The molecule has 3 aromatic rings. The smallest absolute Gasteiger partial charge is 0.198 e. The number of furan rings is 1. The fraction of sp³-hybridized carbons (Fsp3) is 0.0769. The van der Waals surface area contributed by atoms with Gasteiger partial charge in [0.25, 0.3) is 0 Å². The van der Waals surface area contributed by atoms with Gasteiger partial charge in [0.2, 0.25) is 0 Å². The van der Waals surface area contributed by atoms with E-state index >= 15 is 0 Å². The molecule has 4 nitrogen and oxygen atoms in total. The largest absolute Gasteiger partial charge is 0.453 e. The molecule has 0 aliphatic rings. The Labute approximate surface area is 102 Å². The van der Waals surface area contributed by atoms with Crippen molar-refractivity contribution < 1.29 is 8.81 Å². The van der Waals surface area contributed by atoms with Crippen LogP contribution in [0.4, 0.5) is 10.2 Å². The van der Waals surface area contributed by atoms with Gasteiger partial charge in [-0.25, -0.2) is 14.4 Å². The van der Waals surface area contributed by atoms with Crippen LogP contribution in [-0.2, 0) is 0 Å². The van der Waals surface area contributed by atoms with Crippen LogP contribution in [0.1, 0.15) is 5.69 Å². The van der Waals surface area contributed by atoms with Crippen LogP contribution in [0.5, 0.6) is 0 Å². The van der Waals surface area contributed by atoms with Crippen LogP contribution in [0.15, 0.2) is 34.7 Å². The van der Waals surface area contributed by atoms with E-state index in [9.17, 15) is 4.39 Å². The molecule has 2 N–H and O–H groups in total. The molecular weight excluding hydrogens is 233 g/mol. The summed E-state index contributed by atoms with van der Waals surface area (Å²) in [6.45, 7) is 1.54. The number of benzene rings is 1. The monoisotopic (exact) mass is 243 g/mol. The van der Waals surface area contributed by atoms with Gasteiger partial charge in [0, 0.05) is 5.39 Å². The summed E-state index contributed by atoms with van der Waals surface area (Å²) >= 11 is 0. The summed E-state index contributed by atoms with van der Waals surface area (Å²) in [5, 5.41) is 0.941. The van der Waals surface area contributed by atoms with E-state index in [-0.39, 0.29) is 11.5 Å². The summed E-state index contributed by atoms with van der Waals surface area (Å²) in [5.41, 5.74) is 6.42. The Balaban J connectivity index is 2.20. The van der Waals surface area contributed by atoms with Crippen molar-refractivity contribution in [3.8, 4) is 11.6 Å². The Morgan fingerprint density at radius 1 is 1.22 bits per heavy atom. The maximum atomic E-state index is 13.4. The number of anilines is 1. The van der Waals surface area contributed by atoms with Crippen molar-refractivity contribution in [2.45, 2.75) is 6.92 Å². The summed E-state index contributed by atoms with van der Waals surface area (Å²) in [6.07, 6.45) is 0. The number of nitrogen functional groups attached to an aromatic ring is 1. The first kappa shape index (κ1) is 10.7. The lowest BCUT2D eigenvalue weighted by molar-refractivity contribution is 0.599. The Morgan fingerprint density at radius 3 is 2.72 bits per heavy atom. The normalized spacial score (nSPS) is 11.0. The first-order chi connectivity index (χ1) is 8.65. The first-order valence-electron chi connectivity index (χ1n) is 5.44. The number of halogens is 1. The second-order valence-electron chi connectivity index (χ2n) is 3.98. The highest BCUT2D eigenvalue weighted by atomic mass is 19.1. The van der Waals surface area contributed by atoms with Crippen LogP contribution in [0.25, 0.3) is 22.6 Å². The standard InChI is InChI=1S/C13H10FN3O/c1-7-11(14)12(15)17-13(16-7)10-6-8-4-2-3-5-9(8)18-10/h2-6H,1H3,(H2,15,16,17). The van der Waals surface area contributed by atoms with Crippen molar-refractivity contribution in [1.29, 1.82) is 0 Å². The first-order valence-corrected chi connectivity index (χ1v) is 5.44. The van der Waals surface area contributed by atoms with Gasteiger partial charge < -0.3 is 10.2 Å². The van der Waals surface area contributed by atoms with E-state index in [1.165, 1.54) is 0 Å². The lowest BCUT2D eigenvalue weighted by Gasteiger charge is -2.01. The third-order valence-electron chi connectivity index (χ3n) is 2.69. The molecular formula is C13H10FN3O. The number of rotatable bonds is 1. The van der Waals surface area contributed by atoms with Crippen molar-refractivity contribution in [2.24, 2.45) is 0 Å². The molecule has 0 aliphatic carbocycles. The van der Waals surface area contributed by atoms with Crippen molar-refractivity contribution in [2.75, 3.05) is 5.73 Å². The predicted octanol–water partition coefficient (Wildman–Crippen LogP) is 2.92. The topological polar surface area (TPSA) is 64.9 Å². The van der Waals surface area contributed by atoms with Crippen molar-refractivity contribution in [3.63, 3.8) is 0 Å². The van der Waals surface area contributed by atoms with E-state index in [4.69, 9.17) is 10.2 Å². The van der Waals surface area contributed by atoms with Gasteiger partial charge in [-0.15, -0.1) is 0 Å². The Kier molecular flexibility index (Phi) is 2.26. The number of nitrogens with two attached hydrogens (primary N) is 1. The average Bonchev–Trinajstić information content (AvgIpc) is 2.79. The molecule has 0 unspecified atom stereocenters. The lowest BCUT2D eigenvalue weighted by atomic mass is 10.2. The minimum Gasteiger partial charge on any atom is -0.453 e. The molecule has 0 amide bonds. The molecule has 90 valence electrons. The highest BCUT2D eigenvalue weighted by Crippen LogP contribution is 2.26. The van der Waals surface area contributed by atoms with Gasteiger partial charge in [-0.1, -0.05) is 18.2 Å². The van der Waals surface area contributed by atoms with Gasteiger partial charge in [-0.3, -0.25) is 0 Å². The fourth-order valence-corrected chi connectivity index (χ4v) is 1.78. The number of aromatic nitrogens is 2. The van der Waals surface area contributed by atoms with E-state index in [0.717, 1.165) is 11.0 Å². The number of hydrogen-bond donors (Lipinski definition) is 1. The van der Waals surface area contributed by atoms with Crippen LogP contribution in [0, 0.1) is 12.7 Å². The number of nitrogens with zero attached hydrogens (tertiary/aromatic N) is 2. The molecule has 0 atom stereocenters. The maximum absolute atomic E-state index is 13.4. The minimum absolute atomic E-state index is 0.169. The second-order valence-corrected chi connectivity index (χ2v) is 3.98. The van der Waals surface area contributed by atoms with Gasteiger partial charge >= 0.3 is 0 Å². The highest BCUT2D eigenvalue weighted by molar-refractivity contribution is 5.81. The number of fused-ring (bicyclic) bond motifs is 1. The summed E-state index contributed by atoms with van der Waals surface area (Å²) < 4.78 is 19.0. The Bertz CT molecular complexity index is 680. The summed E-state index contributed by atoms with van der Waals surface area (Å²) in [6, 6.07) is 9.36. The molecule has 0 saturated carbocycles. The molecule has 0 spiro atoms. The number of para-hydroxylation sites is 1. The zero-order valence-electron chi connectivity index (χ0n) is 9.64. The Hall–Kier alpha value is -2.43. The van der Waals surface area contributed by atoms with Gasteiger partial charge in [0.05, 0.1) is 5.69 Å². The van der Waals surface area contributed by atoms with Gasteiger partial charge in [0.1, 0.15) is 5.58 Å². The molecule has 18 heavy (non-hydrogen) atoms. The van der Waals surface area contributed by atoms with Gasteiger partial charge in [-0.05, 0) is 19.1 Å². The molecule has 0 fully saturated rings. The van der Waals surface area contributed by atoms with Crippen LogP contribution in [-0.4, -0.2) is 9.97 Å². The SMILES string of the molecule is Cc1nc(-c2cc3ccccc3o2)nc(N)c1F. The molecule has 0 aliphatic heterocycles. The minimum atomic E-state index is -0.588. The lowest BCUT2D eigenvalue weighted by Crippen LogP contribution is -2.02. The molecule has 2 aromatic heterocycles. The van der Waals surface area contributed by atoms with Crippen molar-refractivity contribution >= 4 is 16.8 Å². The average molecular weight is 243 g/mol. The highest BCUT2D eigenvalue weighted by Gasteiger charge is 2.13. The second kappa shape index (κ2) is 3.80. The summed E-state index contributed by atoms with van der Waals surface area (Å²) in [5.74, 6) is 0.0152. The van der Waals surface area contributed by atoms with E-state index in [2.05, 4.69) is 9.97 Å². The maximum Gasteiger partial charge on any atom is 0.198 e. The molecule has 3 rings (SSSR count). The third-order valence-corrected chi connectivity index (χ3v) is 2.69. The summed E-state index contributed by atoms with van der Waals surface area (Å²) in [4.78, 5) is 7.94. The molecule has 2 heterocycles. The fourth-order valence-electron chi connectivity index (χ4n) is 1.78. The van der Waals surface area contributed by atoms with E-state index in [1.807, 2.05) is 24.3 Å². The molecule has 5 heteroatoms. The zero-order chi connectivity index (χ0) is 12.7. The van der Waals surface area contributed by atoms with Crippen LogP contribution in [0.2, 0.25) is 0 Å². The predicted molar refractivity (Wildman–Crippen MR) is 66.3 cm³/mol. The molecule has 0 saturated heterocycles. The van der Waals surface area contributed by atoms with E-state index in [1.54, 1.807) is 13.0 Å². The van der Waals surface area contributed by atoms with E-state index < -0.39 is 5.82 Å². The Morgan fingerprint density at radius 2 is 2.00 bits per heavy atom. The zero-order valence-corrected chi connectivity index (χ0v) is 9.64. The van der Waals surface area contributed by atoms with Crippen molar-refractivity contribution in [1.82, 2.24) is 9.97 Å². The van der Waals surface area contributed by atoms with Crippen LogP contribution in [0.3, 0.4) is 0 Å². The molecule has 0 bridgehead atoms. The summed E-state index contributed by atoms with van der Waals surface area (Å²) in [7, 11) is 0.